The Morgan fingerprint density at radius 1 is 1.21 bits per heavy atom. The number of hydrogen-bond donors (Lipinski definition) is 0. The lowest BCUT2D eigenvalue weighted by Gasteiger charge is -2.40. The first kappa shape index (κ1) is 16.3. The molecule has 2 aromatic rings. The fourth-order valence-electron chi connectivity index (χ4n) is 2.85. The van der Waals surface area contributed by atoms with Crippen LogP contribution in [-0.4, -0.2) is 47.0 Å². The third-order valence-corrected chi connectivity index (χ3v) is 4.13. The summed E-state index contributed by atoms with van der Waals surface area (Å²) in [5.74, 6) is -0.192. The minimum atomic E-state index is -2.74. The van der Waals surface area contributed by atoms with E-state index in [2.05, 4.69) is 9.97 Å². The molecule has 0 aliphatic carbocycles. The molecule has 0 N–H and O–H groups in total. The fraction of sp³-hybridized carbons (Fsp3) is 0.353. The van der Waals surface area contributed by atoms with Gasteiger partial charge >= 0.3 is 0 Å². The van der Waals surface area contributed by atoms with Crippen molar-refractivity contribution in [1.82, 2.24) is 14.9 Å². The van der Waals surface area contributed by atoms with E-state index in [1.54, 1.807) is 22.9 Å². The van der Waals surface area contributed by atoms with Crippen LogP contribution in [0.15, 0.2) is 42.6 Å². The predicted octanol–water partition coefficient (Wildman–Crippen LogP) is 2.30. The number of halogens is 2. The number of nitrogens with zero attached hydrogens (tertiary/aromatic N) is 4. The molecule has 2 heterocycles. The zero-order valence-corrected chi connectivity index (χ0v) is 13.3. The summed E-state index contributed by atoms with van der Waals surface area (Å²) < 4.78 is 25.8. The normalized spacial score (nSPS) is 18.3. The summed E-state index contributed by atoms with van der Waals surface area (Å²) in [6, 6.07) is 10.7. The predicted molar refractivity (Wildman–Crippen MR) is 85.9 cm³/mol. The average molecular weight is 332 g/mol. The average Bonchev–Trinajstić information content (AvgIpc) is 2.60. The van der Waals surface area contributed by atoms with Crippen molar-refractivity contribution in [3.05, 3.63) is 54.0 Å². The third-order valence-electron chi connectivity index (χ3n) is 4.13. The standard InChI is InChI=1S/C17H18F2N4O/c1-22-9-10-23(14-7-8-20-16(21-14)15(18)19)13(17(22)24)11-12-5-3-2-4-6-12/h2-8,13,15H,9-11H2,1H3. The van der Waals surface area contributed by atoms with Gasteiger partial charge in [-0.05, 0) is 11.6 Å². The molecule has 1 fully saturated rings. The molecule has 0 saturated carbocycles. The quantitative estimate of drug-likeness (QED) is 0.862. The number of aromatic nitrogens is 2. The van der Waals surface area contributed by atoms with Crippen molar-refractivity contribution in [2.24, 2.45) is 0 Å². The molecule has 0 spiro atoms. The Morgan fingerprint density at radius 2 is 1.96 bits per heavy atom. The first-order valence-corrected chi connectivity index (χ1v) is 7.73. The van der Waals surface area contributed by atoms with Crippen LogP contribution in [-0.2, 0) is 11.2 Å². The van der Waals surface area contributed by atoms with Gasteiger partial charge in [0.25, 0.3) is 6.43 Å². The maximum Gasteiger partial charge on any atom is 0.297 e. The van der Waals surface area contributed by atoms with Gasteiger partial charge in [-0.3, -0.25) is 4.79 Å². The lowest BCUT2D eigenvalue weighted by atomic mass is 10.0. The Morgan fingerprint density at radius 3 is 2.67 bits per heavy atom. The van der Waals surface area contributed by atoms with Crippen LogP contribution >= 0.6 is 0 Å². The Kier molecular flexibility index (Phi) is 4.69. The summed E-state index contributed by atoms with van der Waals surface area (Å²) in [7, 11) is 1.75. The van der Waals surface area contributed by atoms with E-state index in [0.29, 0.717) is 25.3 Å². The van der Waals surface area contributed by atoms with E-state index in [1.807, 2.05) is 30.3 Å². The minimum absolute atomic E-state index is 0.0395. The van der Waals surface area contributed by atoms with Crippen molar-refractivity contribution >= 4 is 11.7 Å². The second-order valence-corrected chi connectivity index (χ2v) is 5.73. The molecule has 0 radical (unpaired) electrons. The van der Waals surface area contributed by atoms with Crippen molar-refractivity contribution < 1.29 is 13.6 Å². The van der Waals surface area contributed by atoms with Crippen LogP contribution in [0.5, 0.6) is 0 Å². The molecule has 1 unspecified atom stereocenters. The Balaban J connectivity index is 1.91. The van der Waals surface area contributed by atoms with Gasteiger partial charge in [-0.15, -0.1) is 0 Å². The largest absolute Gasteiger partial charge is 0.342 e. The van der Waals surface area contributed by atoms with Crippen LogP contribution in [0.4, 0.5) is 14.6 Å². The molecule has 126 valence electrons. The first-order chi connectivity index (χ1) is 11.6. The zero-order valence-electron chi connectivity index (χ0n) is 13.3. The van der Waals surface area contributed by atoms with E-state index in [4.69, 9.17) is 0 Å². The van der Waals surface area contributed by atoms with Gasteiger partial charge in [0.1, 0.15) is 11.9 Å². The Hall–Kier alpha value is -2.57. The third kappa shape index (κ3) is 3.34. The van der Waals surface area contributed by atoms with E-state index in [1.165, 1.54) is 6.20 Å². The highest BCUT2D eigenvalue weighted by molar-refractivity contribution is 5.86. The van der Waals surface area contributed by atoms with Crippen LogP contribution in [0, 0.1) is 0 Å². The van der Waals surface area contributed by atoms with E-state index in [9.17, 15) is 13.6 Å². The molecular formula is C17H18F2N4O. The van der Waals surface area contributed by atoms with Crippen LogP contribution in [0.3, 0.4) is 0 Å². The molecule has 5 nitrogen and oxygen atoms in total. The first-order valence-electron chi connectivity index (χ1n) is 7.73. The van der Waals surface area contributed by atoms with E-state index >= 15 is 0 Å². The highest BCUT2D eigenvalue weighted by Crippen LogP contribution is 2.23. The molecule has 7 heteroatoms. The van der Waals surface area contributed by atoms with Gasteiger partial charge in [0, 0.05) is 32.8 Å². The molecule has 24 heavy (non-hydrogen) atoms. The van der Waals surface area contributed by atoms with Crippen molar-refractivity contribution in [1.29, 1.82) is 0 Å². The van der Waals surface area contributed by atoms with Crippen molar-refractivity contribution in [2.75, 3.05) is 25.0 Å². The summed E-state index contributed by atoms with van der Waals surface area (Å²) >= 11 is 0. The van der Waals surface area contributed by atoms with Gasteiger partial charge in [0.05, 0.1) is 0 Å². The number of alkyl halides is 2. The molecule has 1 saturated heterocycles. The van der Waals surface area contributed by atoms with Gasteiger partial charge in [-0.2, -0.15) is 0 Å². The lowest BCUT2D eigenvalue weighted by molar-refractivity contribution is -0.132. The molecule has 1 atom stereocenters. The van der Waals surface area contributed by atoms with Gasteiger partial charge in [-0.25, -0.2) is 18.7 Å². The molecular weight excluding hydrogens is 314 g/mol. The van der Waals surface area contributed by atoms with Crippen LogP contribution in [0.25, 0.3) is 0 Å². The zero-order chi connectivity index (χ0) is 17.1. The maximum atomic E-state index is 12.9. The number of carbonyl (C=O) groups excluding carboxylic acids is 1. The second-order valence-electron chi connectivity index (χ2n) is 5.73. The summed E-state index contributed by atoms with van der Waals surface area (Å²) in [4.78, 5) is 23.6. The number of likely N-dealkylation sites (N-methyl/N-ethyl adjacent to an activating group) is 1. The molecule has 0 bridgehead atoms. The number of amides is 1. The highest BCUT2D eigenvalue weighted by Gasteiger charge is 2.34. The van der Waals surface area contributed by atoms with Crippen molar-refractivity contribution in [3.8, 4) is 0 Å². The number of benzene rings is 1. The van der Waals surface area contributed by atoms with Crippen LogP contribution in [0.1, 0.15) is 17.8 Å². The molecule has 1 aliphatic heterocycles. The lowest BCUT2D eigenvalue weighted by Crippen LogP contribution is -2.57. The van der Waals surface area contributed by atoms with Gasteiger partial charge in [0.2, 0.25) is 5.91 Å². The van der Waals surface area contributed by atoms with Gasteiger partial charge in [0.15, 0.2) is 5.82 Å². The monoisotopic (exact) mass is 332 g/mol. The summed E-state index contributed by atoms with van der Waals surface area (Å²) in [6.07, 6.45) is -0.926. The van der Waals surface area contributed by atoms with Crippen molar-refractivity contribution in [3.63, 3.8) is 0 Å². The topological polar surface area (TPSA) is 49.3 Å². The molecule has 3 rings (SSSR count). The second kappa shape index (κ2) is 6.90. The summed E-state index contributed by atoms with van der Waals surface area (Å²) in [5, 5.41) is 0. The number of piperazine rings is 1. The summed E-state index contributed by atoms with van der Waals surface area (Å²) in [5.41, 5.74) is 1.01. The van der Waals surface area contributed by atoms with Crippen LogP contribution < -0.4 is 4.90 Å². The molecule has 1 aromatic heterocycles. The Bertz CT molecular complexity index is 711. The van der Waals surface area contributed by atoms with Gasteiger partial charge < -0.3 is 9.80 Å². The summed E-state index contributed by atoms with van der Waals surface area (Å²) in [6.45, 7) is 1.07. The molecule has 1 aliphatic rings. The van der Waals surface area contributed by atoms with Crippen molar-refractivity contribution in [2.45, 2.75) is 18.9 Å². The number of carbonyl (C=O) groups is 1. The maximum absolute atomic E-state index is 12.9. The van der Waals surface area contributed by atoms with E-state index in [-0.39, 0.29) is 5.91 Å². The fourth-order valence-corrected chi connectivity index (χ4v) is 2.85. The number of rotatable bonds is 4. The number of hydrogen-bond acceptors (Lipinski definition) is 4. The SMILES string of the molecule is CN1CCN(c2ccnc(C(F)F)n2)C(Cc2ccccc2)C1=O. The molecule has 1 aromatic carbocycles. The number of anilines is 1. The van der Waals surface area contributed by atoms with Gasteiger partial charge in [-0.1, -0.05) is 30.3 Å². The highest BCUT2D eigenvalue weighted by atomic mass is 19.3. The van der Waals surface area contributed by atoms with Crippen LogP contribution in [0.2, 0.25) is 0 Å². The molecule has 1 amide bonds. The smallest absolute Gasteiger partial charge is 0.297 e. The van der Waals surface area contributed by atoms with E-state index in [0.717, 1.165) is 5.56 Å². The van der Waals surface area contributed by atoms with E-state index < -0.39 is 18.3 Å². The Labute approximate surface area is 138 Å². The minimum Gasteiger partial charge on any atom is -0.342 e.